The third-order valence-corrected chi connectivity index (χ3v) is 3.51. The van der Waals surface area contributed by atoms with E-state index in [0.29, 0.717) is 11.3 Å². The molecule has 0 amide bonds. The van der Waals surface area contributed by atoms with Gasteiger partial charge >= 0.3 is 0 Å². The number of nitrogens with one attached hydrogen (secondary N) is 1. The average molecular weight is 274 g/mol. The van der Waals surface area contributed by atoms with Crippen LogP contribution >= 0.6 is 0 Å². The average Bonchev–Trinajstić information content (AvgIpc) is 2.50. The van der Waals surface area contributed by atoms with Crippen molar-refractivity contribution in [2.24, 2.45) is 0 Å². The maximum atomic E-state index is 14.2. The van der Waals surface area contributed by atoms with Crippen molar-refractivity contribution in [1.82, 2.24) is 10.3 Å². The lowest BCUT2D eigenvalue weighted by atomic mass is 9.90. The second kappa shape index (κ2) is 6.48. The molecule has 0 saturated heterocycles. The number of rotatable bonds is 5. The van der Waals surface area contributed by atoms with Gasteiger partial charge in [0.15, 0.2) is 0 Å². The number of ether oxygens (including phenoxy) is 1. The van der Waals surface area contributed by atoms with Gasteiger partial charge in [-0.2, -0.15) is 0 Å². The number of benzene rings is 1. The van der Waals surface area contributed by atoms with Crippen LogP contribution in [0.4, 0.5) is 4.39 Å². The number of halogens is 1. The minimum atomic E-state index is -0.272. The fourth-order valence-corrected chi connectivity index (χ4v) is 2.46. The van der Waals surface area contributed by atoms with Crippen molar-refractivity contribution >= 4 is 0 Å². The fraction of sp³-hybridized carbons (Fsp3) is 0.312. The molecule has 3 nitrogen and oxygen atoms in total. The molecule has 0 spiro atoms. The number of likely N-dealkylation sites (N-methyl/N-ethyl adjacent to an activating group) is 1. The molecule has 0 radical (unpaired) electrons. The first kappa shape index (κ1) is 14.5. The van der Waals surface area contributed by atoms with Crippen LogP contribution in [0.5, 0.6) is 5.75 Å². The minimum absolute atomic E-state index is 0.0204. The molecule has 0 aliphatic rings. The zero-order valence-electron chi connectivity index (χ0n) is 11.9. The molecule has 0 aliphatic heterocycles. The van der Waals surface area contributed by atoms with E-state index in [1.807, 2.05) is 32.2 Å². The molecule has 20 heavy (non-hydrogen) atoms. The first-order chi connectivity index (χ1) is 9.69. The zero-order chi connectivity index (χ0) is 14.5. The topological polar surface area (TPSA) is 34.1 Å². The second-order valence-corrected chi connectivity index (χ2v) is 4.67. The molecule has 1 N–H and O–H groups in total. The van der Waals surface area contributed by atoms with Crippen molar-refractivity contribution in [2.45, 2.75) is 18.9 Å². The van der Waals surface area contributed by atoms with Crippen molar-refractivity contribution in [1.29, 1.82) is 0 Å². The highest BCUT2D eigenvalue weighted by atomic mass is 19.1. The number of methoxy groups -OCH3 is 1. The Morgan fingerprint density at radius 2 is 2.00 bits per heavy atom. The molecule has 1 aromatic carbocycles. The molecule has 1 aromatic heterocycles. The Kier molecular flexibility index (Phi) is 4.69. The predicted molar refractivity (Wildman–Crippen MR) is 77.4 cm³/mol. The zero-order valence-corrected chi connectivity index (χ0v) is 11.9. The van der Waals surface area contributed by atoms with E-state index < -0.39 is 0 Å². The Morgan fingerprint density at radius 3 is 2.60 bits per heavy atom. The quantitative estimate of drug-likeness (QED) is 0.908. The van der Waals surface area contributed by atoms with Crippen LogP contribution in [0.15, 0.2) is 42.6 Å². The molecule has 106 valence electrons. The predicted octanol–water partition coefficient (Wildman–Crippen LogP) is 3.29. The highest BCUT2D eigenvalue weighted by molar-refractivity contribution is 5.39. The van der Waals surface area contributed by atoms with Crippen molar-refractivity contribution in [3.05, 3.63) is 59.7 Å². The van der Waals surface area contributed by atoms with Crippen LogP contribution in [-0.4, -0.2) is 19.1 Å². The molecule has 1 heterocycles. The summed E-state index contributed by atoms with van der Waals surface area (Å²) in [4.78, 5) is 4.35. The Hall–Kier alpha value is -1.94. The molecule has 2 atom stereocenters. The van der Waals surface area contributed by atoms with Crippen LogP contribution in [0.3, 0.4) is 0 Å². The van der Waals surface area contributed by atoms with Crippen LogP contribution in [0.1, 0.15) is 30.1 Å². The van der Waals surface area contributed by atoms with Gasteiger partial charge < -0.3 is 10.1 Å². The molecule has 4 heteroatoms. The van der Waals surface area contributed by atoms with Gasteiger partial charge in [0, 0.05) is 29.4 Å². The molecule has 0 aliphatic carbocycles. The Labute approximate surface area is 118 Å². The van der Waals surface area contributed by atoms with E-state index in [1.165, 1.54) is 6.07 Å². The Bertz CT molecular complexity index is 560. The smallest absolute Gasteiger partial charge is 0.131 e. The van der Waals surface area contributed by atoms with E-state index in [4.69, 9.17) is 4.74 Å². The Balaban J connectivity index is 2.43. The van der Waals surface area contributed by atoms with Crippen molar-refractivity contribution < 1.29 is 9.13 Å². The van der Waals surface area contributed by atoms with Gasteiger partial charge in [0.2, 0.25) is 0 Å². The third kappa shape index (κ3) is 2.80. The van der Waals surface area contributed by atoms with Gasteiger partial charge in [-0.15, -0.1) is 0 Å². The molecule has 2 aromatic rings. The fourth-order valence-electron chi connectivity index (χ4n) is 2.46. The van der Waals surface area contributed by atoms with E-state index in [2.05, 4.69) is 10.3 Å². The maximum Gasteiger partial charge on any atom is 0.131 e. The summed E-state index contributed by atoms with van der Waals surface area (Å²) in [6.45, 7) is 2.02. The minimum Gasteiger partial charge on any atom is -0.496 e. The summed E-state index contributed by atoms with van der Waals surface area (Å²) < 4.78 is 19.5. The van der Waals surface area contributed by atoms with Crippen LogP contribution < -0.4 is 10.1 Å². The molecular formula is C16H19FN2O. The standard InChI is InChI=1S/C16H19FN2O/c1-11(13-8-4-5-10-19-13)16(18-2)15-12(17)7-6-9-14(15)20-3/h4-11,16,18H,1-3H3. The van der Waals surface area contributed by atoms with Crippen LogP contribution in [0.2, 0.25) is 0 Å². The summed E-state index contributed by atoms with van der Waals surface area (Å²) in [7, 11) is 3.37. The number of aromatic nitrogens is 1. The van der Waals surface area contributed by atoms with Gasteiger partial charge in [-0.3, -0.25) is 4.98 Å². The normalized spacial score (nSPS) is 13.8. The molecule has 0 fully saturated rings. The van der Waals surface area contributed by atoms with E-state index in [0.717, 1.165) is 5.69 Å². The first-order valence-electron chi connectivity index (χ1n) is 6.59. The van der Waals surface area contributed by atoms with Crippen LogP contribution in [0, 0.1) is 5.82 Å². The van der Waals surface area contributed by atoms with E-state index in [9.17, 15) is 4.39 Å². The van der Waals surface area contributed by atoms with Crippen molar-refractivity contribution in [2.75, 3.05) is 14.2 Å². The summed E-state index contributed by atoms with van der Waals surface area (Å²) in [6.07, 6.45) is 1.75. The molecular weight excluding hydrogens is 255 g/mol. The lowest BCUT2D eigenvalue weighted by Crippen LogP contribution is -2.24. The monoisotopic (exact) mass is 274 g/mol. The van der Waals surface area contributed by atoms with Gasteiger partial charge in [-0.25, -0.2) is 4.39 Å². The SMILES string of the molecule is CNC(c1c(F)cccc1OC)C(C)c1ccccn1. The molecule has 0 bridgehead atoms. The van der Waals surface area contributed by atoms with Crippen LogP contribution in [0.25, 0.3) is 0 Å². The molecule has 2 rings (SSSR count). The van der Waals surface area contributed by atoms with Gasteiger partial charge in [0.25, 0.3) is 0 Å². The van der Waals surface area contributed by atoms with Gasteiger partial charge in [0.05, 0.1) is 7.11 Å². The van der Waals surface area contributed by atoms with E-state index in [-0.39, 0.29) is 17.8 Å². The third-order valence-electron chi connectivity index (χ3n) is 3.51. The van der Waals surface area contributed by atoms with Crippen LogP contribution in [-0.2, 0) is 0 Å². The van der Waals surface area contributed by atoms with Gasteiger partial charge in [0.1, 0.15) is 11.6 Å². The summed E-state index contributed by atoms with van der Waals surface area (Å²) in [5.74, 6) is 0.297. The van der Waals surface area contributed by atoms with E-state index >= 15 is 0 Å². The molecule has 0 saturated carbocycles. The largest absolute Gasteiger partial charge is 0.496 e. The number of pyridine rings is 1. The van der Waals surface area contributed by atoms with Crippen molar-refractivity contribution in [3.8, 4) is 5.75 Å². The van der Waals surface area contributed by atoms with E-state index in [1.54, 1.807) is 25.4 Å². The maximum absolute atomic E-state index is 14.2. The summed E-state index contributed by atoms with van der Waals surface area (Å²) in [5.41, 5.74) is 1.45. The summed E-state index contributed by atoms with van der Waals surface area (Å²) in [5, 5.41) is 3.17. The summed E-state index contributed by atoms with van der Waals surface area (Å²) in [6, 6.07) is 10.4. The lowest BCUT2D eigenvalue weighted by molar-refractivity contribution is 0.383. The van der Waals surface area contributed by atoms with Gasteiger partial charge in [-0.1, -0.05) is 19.1 Å². The lowest BCUT2D eigenvalue weighted by Gasteiger charge is -2.25. The highest BCUT2D eigenvalue weighted by Crippen LogP contribution is 2.36. The van der Waals surface area contributed by atoms with Gasteiger partial charge in [-0.05, 0) is 31.3 Å². The highest BCUT2D eigenvalue weighted by Gasteiger charge is 2.26. The first-order valence-corrected chi connectivity index (χ1v) is 6.59. The summed E-state index contributed by atoms with van der Waals surface area (Å²) >= 11 is 0. The number of nitrogens with zero attached hydrogens (tertiary/aromatic N) is 1. The molecule has 2 unspecified atom stereocenters. The second-order valence-electron chi connectivity index (χ2n) is 4.67. The Morgan fingerprint density at radius 1 is 1.20 bits per heavy atom. The van der Waals surface area contributed by atoms with Crippen molar-refractivity contribution in [3.63, 3.8) is 0 Å². The number of hydrogen-bond donors (Lipinski definition) is 1. The number of hydrogen-bond acceptors (Lipinski definition) is 3.